The molecule has 1 saturated carbocycles. The lowest BCUT2D eigenvalue weighted by molar-refractivity contribution is 0.102. The van der Waals surface area contributed by atoms with Gasteiger partial charge in [-0.15, -0.1) is 0 Å². The number of aromatic nitrogens is 1. The fourth-order valence-electron chi connectivity index (χ4n) is 3.09. The number of hydrogen-bond acceptors (Lipinski definition) is 4. The number of amides is 1. The van der Waals surface area contributed by atoms with Crippen molar-refractivity contribution in [2.75, 3.05) is 17.3 Å². The Labute approximate surface area is 193 Å². The summed E-state index contributed by atoms with van der Waals surface area (Å²) in [5.74, 6) is -0.629. The van der Waals surface area contributed by atoms with Crippen LogP contribution in [0.2, 0.25) is 15.1 Å². The van der Waals surface area contributed by atoms with Crippen molar-refractivity contribution in [3.8, 4) is 11.5 Å². The quantitative estimate of drug-likeness (QED) is 0.420. The Bertz CT molecular complexity index is 1150. The first kappa shape index (κ1) is 21.7. The van der Waals surface area contributed by atoms with Crippen molar-refractivity contribution in [2.45, 2.75) is 18.9 Å². The van der Waals surface area contributed by atoms with Crippen molar-refractivity contribution in [3.05, 3.63) is 75.2 Å². The Balaban J connectivity index is 1.64. The zero-order valence-electron chi connectivity index (χ0n) is 16.3. The van der Waals surface area contributed by atoms with Crippen LogP contribution in [0.15, 0.2) is 48.8 Å². The molecule has 0 bridgehead atoms. The number of pyridine rings is 1. The molecule has 1 N–H and O–H groups in total. The molecule has 1 aliphatic carbocycles. The summed E-state index contributed by atoms with van der Waals surface area (Å²) < 4.78 is 20.0. The van der Waals surface area contributed by atoms with Gasteiger partial charge in [0.2, 0.25) is 0 Å². The highest BCUT2D eigenvalue weighted by Gasteiger charge is 2.29. The van der Waals surface area contributed by atoms with Gasteiger partial charge in [-0.05, 0) is 37.1 Å². The zero-order valence-corrected chi connectivity index (χ0v) is 18.6. The lowest BCUT2D eigenvalue weighted by Gasteiger charge is -2.23. The van der Waals surface area contributed by atoms with E-state index in [0.717, 1.165) is 12.8 Å². The number of nitrogens with one attached hydrogen (secondary N) is 1. The molecule has 1 aromatic heterocycles. The average molecular weight is 481 g/mol. The monoisotopic (exact) mass is 479 g/mol. The van der Waals surface area contributed by atoms with Crippen LogP contribution in [0.4, 0.5) is 15.8 Å². The highest BCUT2D eigenvalue weighted by molar-refractivity contribution is 6.34. The molecule has 4 rings (SSSR count). The Morgan fingerprint density at radius 1 is 1.13 bits per heavy atom. The molecule has 1 amide bonds. The van der Waals surface area contributed by atoms with E-state index < -0.39 is 11.7 Å². The second-order valence-electron chi connectivity index (χ2n) is 7.13. The van der Waals surface area contributed by atoms with Gasteiger partial charge in [-0.1, -0.05) is 34.8 Å². The van der Waals surface area contributed by atoms with E-state index in [1.807, 2.05) is 11.9 Å². The number of halogens is 4. The number of rotatable bonds is 6. The Morgan fingerprint density at radius 3 is 2.65 bits per heavy atom. The smallest absolute Gasteiger partial charge is 0.261 e. The first-order chi connectivity index (χ1) is 14.8. The van der Waals surface area contributed by atoms with Crippen LogP contribution in [0.25, 0.3) is 0 Å². The van der Waals surface area contributed by atoms with Gasteiger partial charge in [-0.25, -0.2) is 4.39 Å². The summed E-state index contributed by atoms with van der Waals surface area (Å²) in [6.07, 6.45) is 4.90. The summed E-state index contributed by atoms with van der Waals surface area (Å²) in [6.45, 7) is 0. The molecule has 160 valence electrons. The minimum absolute atomic E-state index is 0.0125. The van der Waals surface area contributed by atoms with Crippen molar-refractivity contribution in [1.82, 2.24) is 4.98 Å². The van der Waals surface area contributed by atoms with Crippen LogP contribution in [0.3, 0.4) is 0 Å². The first-order valence-corrected chi connectivity index (χ1v) is 10.6. The second kappa shape index (κ2) is 8.91. The third-order valence-corrected chi connectivity index (χ3v) is 5.74. The van der Waals surface area contributed by atoms with Crippen LogP contribution in [-0.4, -0.2) is 24.0 Å². The van der Waals surface area contributed by atoms with E-state index in [2.05, 4.69) is 10.3 Å². The number of carbonyl (C=O) groups is 1. The van der Waals surface area contributed by atoms with E-state index in [-0.39, 0.29) is 16.3 Å². The molecule has 31 heavy (non-hydrogen) atoms. The van der Waals surface area contributed by atoms with Crippen LogP contribution >= 0.6 is 34.8 Å². The van der Waals surface area contributed by atoms with E-state index in [0.29, 0.717) is 33.2 Å². The molecule has 0 atom stereocenters. The molecule has 0 unspecified atom stereocenters. The van der Waals surface area contributed by atoms with Crippen molar-refractivity contribution < 1.29 is 13.9 Å². The van der Waals surface area contributed by atoms with Gasteiger partial charge >= 0.3 is 0 Å². The average Bonchev–Trinajstić information content (AvgIpc) is 3.58. The molecule has 0 saturated heterocycles. The van der Waals surface area contributed by atoms with E-state index in [9.17, 15) is 9.18 Å². The maximum absolute atomic E-state index is 14.2. The molecule has 9 heteroatoms. The van der Waals surface area contributed by atoms with Crippen LogP contribution < -0.4 is 15.0 Å². The van der Waals surface area contributed by atoms with Gasteiger partial charge in [0, 0.05) is 42.6 Å². The van der Waals surface area contributed by atoms with Gasteiger partial charge in [0.05, 0.1) is 21.4 Å². The minimum atomic E-state index is -0.627. The normalized spacial score (nSPS) is 13.1. The fourth-order valence-corrected chi connectivity index (χ4v) is 3.57. The van der Waals surface area contributed by atoms with Gasteiger partial charge in [0.25, 0.3) is 5.91 Å². The SMILES string of the molecule is CN(c1cc(Cl)c(F)cc1NC(=O)c1cnccc1Oc1cc(Cl)ccc1Cl)C1CC1. The molecule has 0 spiro atoms. The second-order valence-corrected chi connectivity index (χ2v) is 8.38. The number of carbonyl (C=O) groups excluding carboxylic acids is 1. The number of nitrogens with zero attached hydrogens (tertiary/aromatic N) is 2. The largest absolute Gasteiger partial charge is 0.455 e. The summed E-state index contributed by atoms with van der Waals surface area (Å²) in [4.78, 5) is 19.1. The van der Waals surface area contributed by atoms with Gasteiger partial charge in [-0.3, -0.25) is 9.78 Å². The number of anilines is 2. The van der Waals surface area contributed by atoms with Crippen molar-refractivity contribution >= 4 is 52.1 Å². The molecule has 1 heterocycles. The van der Waals surface area contributed by atoms with Gasteiger partial charge < -0.3 is 15.0 Å². The molecule has 2 aromatic carbocycles. The van der Waals surface area contributed by atoms with E-state index in [4.69, 9.17) is 39.5 Å². The Hall–Kier alpha value is -2.54. The van der Waals surface area contributed by atoms with Crippen LogP contribution in [0.5, 0.6) is 11.5 Å². The summed E-state index contributed by atoms with van der Waals surface area (Å²) in [5.41, 5.74) is 1.08. The number of ether oxygens (including phenoxy) is 1. The molecular formula is C22H17Cl3FN3O2. The summed E-state index contributed by atoms with van der Waals surface area (Å²) >= 11 is 18.2. The number of hydrogen-bond donors (Lipinski definition) is 1. The van der Waals surface area contributed by atoms with Gasteiger partial charge in [0.1, 0.15) is 22.9 Å². The molecule has 0 radical (unpaired) electrons. The highest BCUT2D eigenvalue weighted by atomic mass is 35.5. The highest BCUT2D eigenvalue weighted by Crippen LogP contribution is 2.38. The molecule has 1 fully saturated rings. The molecule has 1 aliphatic rings. The lowest BCUT2D eigenvalue weighted by Crippen LogP contribution is -2.23. The van der Waals surface area contributed by atoms with Gasteiger partial charge in [0.15, 0.2) is 0 Å². The van der Waals surface area contributed by atoms with Crippen molar-refractivity contribution in [3.63, 3.8) is 0 Å². The van der Waals surface area contributed by atoms with Crippen LogP contribution in [-0.2, 0) is 0 Å². The molecular weight excluding hydrogens is 464 g/mol. The third-order valence-electron chi connectivity index (χ3n) is 4.90. The first-order valence-electron chi connectivity index (χ1n) is 9.43. The lowest BCUT2D eigenvalue weighted by atomic mass is 10.2. The maximum atomic E-state index is 14.2. The van der Waals surface area contributed by atoms with Crippen LogP contribution in [0, 0.1) is 5.82 Å². The predicted molar refractivity (Wildman–Crippen MR) is 122 cm³/mol. The van der Waals surface area contributed by atoms with Crippen molar-refractivity contribution in [1.29, 1.82) is 0 Å². The number of benzene rings is 2. The Kier molecular flexibility index (Phi) is 6.23. The standard InChI is InChI=1S/C22H17Cl3FN3O2/c1-29(13-3-4-13)19-9-16(25)17(26)10-18(19)28-22(30)14-11-27-7-6-20(14)31-21-8-12(23)2-5-15(21)24/h2,5-11,13H,3-4H2,1H3,(H,28,30). The minimum Gasteiger partial charge on any atom is -0.455 e. The summed E-state index contributed by atoms with van der Waals surface area (Å²) in [6, 6.07) is 9.35. The van der Waals surface area contributed by atoms with Gasteiger partial charge in [-0.2, -0.15) is 0 Å². The van der Waals surface area contributed by atoms with Crippen LogP contribution in [0.1, 0.15) is 23.2 Å². The summed E-state index contributed by atoms with van der Waals surface area (Å²) in [5, 5.41) is 3.51. The fraction of sp³-hybridized carbons (Fsp3) is 0.182. The Morgan fingerprint density at radius 2 is 1.90 bits per heavy atom. The van der Waals surface area contributed by atoms with Crippen molar-refractivity contribution in [2.24, 2.45) is 0 Å². The zero-order chi connectivity index (χ0) is 22.1. The maximum Gasteiger partial charge on any atom is 0.261 e. The molecule has 0 aliphatic heterocycles. The van der Waals surface area contributed by atoms with E-state index in [1.54, 1.807) is 18.2 Å². The third kappa shape index (κ3) is 4.87. The van der Waals surface area contributed by atoms with E-state index in [1.165, 1.54) is 30.6 Å². The molecule has 3 aromatic rings. The topological polar surface area (TPSA) is 54.5 Å². The predicted octanol–water partition coefficient (Wildman–Crippen LogP) is 6.82. The molecule has 5 nitrogen and oxygen atoms in total. The van der Waals surface area contributed by atoms with E-state index >= 15 is 0 Å². The summed E-state index contributed by atoms with van der Waals surface area (Å²) in [7, 11) is 1.89.